The Balaban J connectivity index is 1.38. The van der Waals surface area contributed by atoms with Crippen molar-refractivity contribution in [3.8, 4) is 0 Å². The summed E-state index contributed by atoms with van der Waals surface area (Å²) in [7, 11) is 1.77. The summed E-state index contributed by atoms with van der Waals surface area (Å²) < 4.78 is 7.08. The number of carbonyl (C=O) groups is 1. The van der Waals surface area contributed by atoms with Crippen molar-refractivity contribution < 1.29 is 9.53 Å². The molecule has 2 N–H and O–H groups in total. The summed E-state index contributed by atoms with van der Waals surface area (Å²) in [5, 5.41) is 15.2. The Morgan fingerprint density at radius 3 is 2.89 bits per heavy atom. The van der Waals surface area contributed by atoms with Crippen LogP contribution in [0.5, 0.6) is 0 Å². The van der Waals surface area contributed by atoms with Gasteiger partial charge in [0.05, 0.1) is 6.61 Å². The van der Waals surface area contributed by atoms with Crippen molar-refractivity contribution in [1.82, 2.24) is 30.1 Å². The van der Waals surface area contributed by atoms with Gasteiger partial charge in [0.2, 0.25) is 0 Å². The van der Waals surface area contributed by atoms with E-state index in [0.29, 0.717) is 25.7 Å². The Bertz CT molecular complexity index is 796. The van der Waals surface area contributed by atoms with E-state index in [1.165, 1.54) is 0 Å². The molecule has 1 aliphatic heterocycles. The first-order chi connectivity index (χ1) is 13.7. The zero-order chi connectivity index (χ0) is 19.8. The van der Waals surface area contributed by atoms with Crippen LogP contribution in [0.1, 0.15) is 32.0 Å². The molecule has 152 valence electrons. The number of rotatable bonds is 6. The number of aromatic nitrogens is 3. The minimum atomic E-state index is -0.218. The van der Waals surface area contributed by atoms with Crippen molar-refractivity contribution in [2.24, 2.45) is 4.99 Å². The topological polar surface area (TPSA) is 96.1 Å². The molecular formula is C19H29N7O2. The van der Waals surface area contributed by atoms with Crippen molar-refractivity contribution >= 4 is 17.7 Å². The molecule has 1 amide bonds. The third-order valence-corrected chi connectivity index (χ3v) is 4.84. The van der Waals surface area contributed by atoms with Crippen LogP contribution >= 0.6 is 0 Å². The molecule has 2 aromatic heterocycles. The van der Waals surface area contributed by atoms with Gasteiger partial charge >= 0.3 is 6.09 Å². The number of likely N-dealkylation sites (tertiary alicyclic amines) is 1. The van der Waals surface area contributed by atoms with Crippen LogP contribution in [-0.4, -0.2) is 70.9 Å². The summed E-state index contributed by atoms with van der Waals surface area (Å²) in [4.78, 5) is 17.8. The van der Waals surface area contributed by atoms with Gasteiger partial charge in [0, 0.05) is 45.3 Å². The fourth-order valence-electron chi connectivity index (χ4n) is 3.32. The van der Waals surface area contributed by atoms with Crippen LogP contribution in [0.2, 0.25) is 0 Å². The van der Waals surface area contributed by atoms with Gasteiger partial charge in [0.25, 0.3) is 0 Å². The van der Waals surface area contributed by atoms with Crippen LogP contribution in [0.4, 0.5) is 4.79 Å². The molecule has 0 radical (unpaired) electrons. The van der Waals surface area contributed by atoms with Gasteiger partial charge in [-0.15, -0.1) is 10.2 Å². The van der Waals surface area contributed by atoms with E-state index >= 15 is 0 Å². The highest BCUT2D eigenvalue weighted by molar-refractivity contribution is 5.80. The predicted molar refractivity (Wildman–Crippen MR) is 107 cm³/mol. The van der Waals surface area contributed by atoms with E-state index in [1.54, 1.807) is 11.9 Å². The number of nitrogens with one attached hydrogen (secondary N) is 2. The maximum Gasteiger partial charge on any atom is 0.409 e. The first kappa shape index (κ1) is 19.9. The molecule has 0 bridgehead atoms. The average Bonchev–Trinajstić information content (AvgIpc) is 3.14. The van der Waals surface area contributed by atoms with Crippen LogP contribution in [0.15, 0.2) is 29.4 Å². The summed E-state index contributed by atoms with van der Waals surface area (Å²) in [6, 6.07) is 6.20. The van der Waals surface area contributed by atoms with E-state index in [1.807, 2.05) is 35.7 Å². The summed E-state index contributed by atoms with van der Waals surface area (Å²) in [5.74, 6) is 1.76. The number of hydrogen-bond acceptors (Lipinski definition) is 5. The Morgan fingerprint density at radius 2 is 2.14 bits per heavy atom. The summed E-state index contributed by atoms with van der Waals surface area (Å²) in [6.45, 7) is 4.44. The van der Waals surface area contributed by atoms with Gasteiger partial charge < -0.3 is 20.3 Å². The molecule has 9 heteroatoms. The van der Waals surface area contributed by atoms with Crippen molar-refractivity contribution in [1.29, 1.82) is 0 Å². The summed E-state index contributed by atoms with van der Waals surface area (Å²) in [6.07, 6.45) is 5.30. The lowest BCUT2D eigenvalue weighted by molar-refractivity contribution is 0.0963. The van der Waals surface area contributed by atoms with Gasteiger partial charge in [0.1, 0.15) is 5.82 Å². The highest BCUT2D eigenvalue weighted by Crippen LogP contribution is 2.11. The third-order valence-electron chi connectivity index (χ3n) is 4.84. The first-order valence-corrected chi connectivity index (χ1v) is 9.88. The highest BCUT2D eigenvalue weighted by atomic mass is 16.6. The molecule has 1 saturated heterocycles. The lowest BCUT2D eigenvalue weighted by atomic mass is 10.1. The third kappa shape index (κ3) is 5.11. The van der Waals surface area contributed by atoms with Crippen LogP contribution in [0.3, 0.4) is 0 Å². The number of hydrogen-bond donors (Lipinski definition) is 2. The van der Waals surface area contributed by atoms with Gasteiger partial charge in [-0.1, -0.05) is 6.07 Å². The molecule has 0 aliphatic carbocycles. The number of fused-ring (bicyclic) bond motifs is 1. The molecule has 0 aromatic carbocycles. The van der Waals surface area contributed by atoms with Gasteiger partial charge in [-0.2, -0.15) is 0 Å². The molecule has 0 atom stereocenters. The maximum atomic E-state index is 11.8. The number of carbonyl (C=O) groups excluding carboxylic acids is 1. The fourth-order valence-corrected chi connectivity index (χ4v) is 3.32. The average molecular weight is 387 g/mol. The van der Waals surface area contributed by atoms with Gasteiger partial charge in [-0.25, -0.2) is 4.79 Å². The molecule has 0 unspecified atom stereocenters. The van der Waals surface area contributed by atoms with Crippen LogP contribution < -0.4 is 10.6 Å². The first-order valence-electron chi connectivity index (χ1n) is 9.88. The minimum absolute atomic E-state index is 0.218. The molecule has 9 nitrogen and oxygen atoms in total. The fraction of sp³-hybridized carbons (Fsp3) is 0.579. The molecule has 0 saturated carbocycles. The SMILES string of the molecule is CCOC(=O)N1CCC(NC(=NC)NCCCc2nnc3ccccn23)CC1. The molecule has 3 rings (SSSR count). The normalized spacial score (nSPS) is 15.6. The number of aryl methyl sites for hydroxylation is 1. The summed E-state index contributed by atoms with van der Waals surface area (Å²) >= 11 is 0. The zero-order valence-corrected chi connectivity index (χ0v) is 16.6. The van der Waals surface area contributed by atoms with E-state index in [4.69, 9.17) is 4.74 Å². The number of ether oxygens (including phenoxy) is 1. The van der Waals surface area contributed by atoms with Crippen LogP contribution in [0.25, 0.3) is 5.65 Å². The standard InChI is InChI=1S/C19H29N7O2/c1-3-28-19(27)25-13-9-15(10-14-25)22-18(20-2)21-11-6-8-17-24-23-16-7-4-5-12-26(16)17/h4-5,7,12,15H,3,6,8-11,13-14H2,1-2H3,(H2,20,21,22). The molecule has 1 fully saturated rings. The number of amides is 1. The predicted octanol–water partition coefficient (Wildman–Crippen LogP) is 1.45. The Kier molecular flexibility index (Phi) is 7.05. The van der Waals surface area contributed by atoms with Gasteiger partial charge in [0.15, 0.2) is 11.6 Å². The van der Waals surface area contributed by atoms with Crippen LogP contribution in [0, 0.1) is 0 Å². The smallest absolute Gasteiger partial charge is 0.409 e. The van der Waals surface area contributed by atoms with Gasteiger partial charge in [-0.3, -0.25) is 9.39 Å². The second kappa shape index (κ2) is 9.91. The van der Waals surface area contributed by atoms with Crippen molar-refractivity contribution in [3.63, 3.8) is 0 Å². The zero-order valence-electron chi connectivity index (χ0n) is 16.6. The number of guanidine groups is 1. The molecule has 1 aliphatic rings. The second-order valence-corrected chi connectivity index (χ2v) is 6.75. The molecular weight excluding hydrogens is 358 g/mol. The quantitative estimate of drug-likeness (QED) is 0.442. The van der Waals surface area contributed by atoms with Crippen molar-refractivity contribution in [2.45, 2.75) is 38.6 Å². The lowest BCUT2D eigenvalue weighted by Crippen LogP contribution is -2.50. The Morgan fingerprint density at radius 1 is 1.32 bits per heavy atom. The highest BCUT2D eigenvalue weighted by Gasteiger charge is 2.23. The second-order valence-electron chi connectivity index (χ2n) is 6.75. The van der Waals surface area contributed by atoms with E-state index in [9.17, 15) is 4.79 Å². The van der Waals surface area contributed by atoms with Crippen LogP contribution in [-0.2, 0) is 11.2 Å². The van der Waals surface area contributed by atoms with E-state index < -0.39 is 0 Å². The monoisotopic (exact) mass is 387 g/mol. The van der Waals surface area contributed by atoms with Gasteiger partial charge in [-0.05, 0) is 38.3 Å². The summed E-state index contributed by atoms with van der Waals surface area (Å²) in [5.41, 5.74) is 0.872. The van der Waals surface area contributed by atoms with E-state index in [0.717, 1.165) is 49.7 Å². The number of pyridine rings is 1. The van der Waals surface area contributed by atoms with E-state index in [-0.39, 0.29) is 6.09 Å². The number of aliphatic imine (C=N–C) groups is 1. The Hall–Kier alpha value is -2.84. The molecule has 0 spiro atoms. The Labute approximate surface area is 165 Å². The number of piperidine rings is 1. The molecule has 28 heavy (non-hydrogen) atoms. The molecule has 3 heterocycles. The maximum absolute atomic E-state index is 11.8. The minimum Gasteiger partial charge on any atom is -0.450 e. The van der Waals surface area contributed by atoms with Crippen molar-refractivity contribution in [2.75, 3.05) is 33.3 Å². The largest absolute Gasteiger partial charge is 0.450 e. The lowest BCUT2D eigenvalue weighted by Gasteiger charge is -2.32. The molecule has 2 aromatic rings. The van der Waals surface area contributed by atoms with Crippen molar-refractivity contribution in [3.05, 3.63) is 30.2 Å². The van der Waals surface area contributed by atoms with E-state index in [2.05, 4.69) is 25.8 Å². The number of nitrogens with zero attached hydrogens (tertiary/aromatic N) is 5.